The van der Waals surface area contributed by atoms with Gasteiger partial charge in [0.2, 0.25) is 0 Å². The summed E-state index contributed by atoms with van der Waals surface area (Å²) < 4.78 is 0. The lowest BCUT2D eigenvalue weighted by Gasteiger charge is -2.18. The van der Waals surface area contributed by atoms with E-state index in [-0.39, 0.29) is 11.8 Å². The van der Waals surface area contributed by atoms with Crippen molar-refractivity contribution in [3.63, 3.8) is 0 Å². The standard InChI is InChI=1S/C10H16N2O.C2H4O2/c1-3-4-8-5-7(2)12-10(13)9(8)6-11;1-2(3)4/h5,9H,3-4,6,11H2,1-2H3;1H3,(H,3,4). The summed E-state index contributed by atoms with van der Waals surface area (Å²) >= 11 is 0. The van der Waals surface area contributed by atoms with Gasteiger partial charge >= 0.3 is 0 Å². The number of allylic oxidation sites excluding steroid dienone is 1. The highest BCUT2D eigenvalue weighted by Crippen LogP contribution is 2.21. The molecule has 0 aromatic rings. The molecule has 0 aromatic carbocycles. The molecule has 0 spiro atoms. The predicted octanol–water partition coefficient (Wildman–Crippen LogP) is 1.38. The van der Waals surface area contributed by atoms with E-state index in [1.54, 1.807) is 0 Å². The third-order valence-corrected chi connectivity index (χ3v) is 2.20. The van der Waals surface area contributed by atoms with Crippen LogP contribution in [-0.4, -0.2) is 29.2 Å². The Morgan fingerprint density at radius 1 is 1.59 bits per heavy atom. The largest absolute Gasteiger partial charge is 0.481 e. The zero-order chi connectivity index (χ0) is 13.4. The minimum atomic E-state index is -0.833. The number of carboxylic acids is 1. The number of carbonyl (C=O) groups is 2. The third-order valence-electron chi connectivity index (χ3n) is 2.20. The van der Waals surface area contributed by atoms with Gasteiger partial charge in [0.25, 0.3) is 11.9 Å². The van der Waals surface area contributed by atoms with Gasteiger partial charge in [-0.25, -0.2) is 4.99 Å². The first-order chi connectivity index (χ1) is 7.92. The van der Waals surface area contributed by atoms with E-state index in [2.05, 4.69) is 11.9 Å². The van der Waals surface area contributed by atoms with Gasteiger partial charge in [0.15, 0.2) is 0 Å². The second-order valence-electron chi connectivity index (χ2n) is 3.87. The molecule has 0 fully saturated rings. The molecule has 5 heteroatoms. The maximum atomic E-state index is 11.4. The minimum absolute atomic E-state index is 0.0778. The number of aliphatic carboxylic acids is 1. The van der Waals surface area contributed by atoms with Crippen molar-refractivity contribution in [2.75, 3.05) is 6.54 Å². The topological polar surface area (TPSA) is 92.7 Å². The summed E-state index contributed by atoms with van der Waals surface area (Å²) in [6, 6.07) is 0. The van der Waals surface area contributed by atoms with Crippen LogP contribution < -0.4 is 5.73 Å². The quantitative estimate of drug-likeness (QED) is 0.779. The van der Waals surface area contributed by atoms with Crippen molar-refractivity contribution in [3.05, 3.63) is 11.6 Å². The second-order valence-corrected chi connectivity index (χ2v) is 3.87. The van der Waals surface area contributed by atoms with Crippen LogP contribution in [0.2, 0.25) is 0 Å². The zero-order valence-electron chi connectivity index (χ0n) is 10.6. The number of nitrogens with zero attached hydrogens (tertiary/aromatic N) is 1. The molecule has 0 saturated carbocycles. The maximum absolute atomic E-state index is 11.4. The highest BCUT2D eigenvalue weighted by Gasteiger charge is 2.23. The Hall–Kier alpha value is -1.49. The Morgan fingerprint density at radius 2 is 2.12 bits per heavy atom. The Kier molecular flexibility index (Phi) is 7.05. The number of carbonyl (C=O) groups excluding carboxylic acids is 1. The number of hydrogen-bond donors (Lipinski definition) is 2. The molecule has 1 aliphatic heterocycles. The maximum Gasteiger partial charge on any atom is 0.300 e. The molecule has 0 saturated heterocycles. The Balaban J connectivity index is 0.000000557. The molecule has 5 nitrogen and oxygen atoms in total. The highest BCUT2D eigenvalue weighted by molar-refractivity contribution is 6.05. The molecule has 0 aromatic heterocycles. The predicted molar refractivity (Wildman–Crippen MR) is 67.0 cm³/mol. The summed E-state index contributed by atoms with van der Waals surface area (Å²) in [7, 11) is 0. The van der Waals surface area contributed by atoms with Gasteiger partial charge in [-0.3, -0.25) is 9.59 Å². The van der Waals surface area contributed by atoms with Gasteiger partial charge in [-0.2, -0.15) is 0 Å². The Bertz CT molecular complexity index is 342. The lowest BCUT2D eigenvalue weighted by atomic mass is 9.91. The van der Waals surface area contributed by atoms with Crippen LogP contribution in [0.4, 0.5) is 0 Å². The number of hydrogen-bond acceptors (Lipinski definition) is 3. The summed E-state index contributed by atoms with van der Waals surface area (Å²) in [6.07, 6.45) is 3.98. The lowest BCUT2D eigenvalue weighted by Crippen LogP contribution is -2.28. The molecular weight excluding hydrogens is 220 g/mol. The van der Waals surface area contributed by atoms with E-state index in [1.807, 2.05) is 13.0 Å². The fourth-order valence-electron chi connectivity index (χ4n) is 1.60. The van der Waals surface area contributed by atoms with Gasteiger partial charge in [-0.05, 0) is 19.4 Å². The van der Waals surface area contributed by atoms with Crippen LogP contribution in [-0.2, 0) is 9.59 Å². The number of carboxylic acid groups (broad SMARTS) is 1. The average Bonchev–Trinajstić information content (AvgIpc) is 2.16. The van der Waals surface area contributed by atoms with Crippen LogP contribution in [0.5, 0.6) is 0 Å². The monoisotopic (exact) mass is 240 g/mol. The summed E-state index contributed by atoms with van der Waals surface area (Å²) in [5.74, 6) is -1.07. The van der Waals surface area contributed by atoms with Crippen LogP contribution in [0.3, 0.4) is 0 Å². The molecule has 0 radical (unpaired) electrons. The molecule has 1 unspecified atom stereocenters. The molecule has 1 atom stereocenters. The Morgan fingerprint density at radius 3 is 2.53 bits per heavy atom. The molecule has 1 amide bonds. The average molecular weight is 240 g/mol. The van der Waals surface area contributed by atoms with Gasteiger partial charge < -0.3 is 10.8 Å². The summed E-state index contributed by atoms with van der Waals surface area (Å²) in [5.41, 5.74) is 7.47. The fraction of sp³-hybridized carbons (Fsp3) is 0.583. The van der Waals surface area contributed by atoms with Crippen LogP contribution in [0.1, 0.15) is 33.6 Å². The zero-order valence-corrected chi connectivity index (χ0v) is 10.6. The number of dihydropyridines is 1. The van der Waals surface area contributed by atoms with Crippen LogP contribution in [0.25, 0.3) is 0 Å². The molecule has 17 heavy (non-hydrogen) atoms. The first-order valence-corrected chi connectivity index (χ1v) is 5.61. The molecule has 1 aliphatic rings. The number of rotatable bonds is 3. The Labute approximate surface area is 101 Å². The lowest BCUT2D eigenvalue weighted by molar-refractivity contribution is -0.134. The minimum Gasteiger partial charge on any atom is -0.481 e. The molecule has 3 N–H and O–H groups in total. The molecular formula is C12H20N2O3. The van der Waals surface area contributed by atoms with E-state index >= 15 is 0 Å². The summed E-state index contributed by atoms with van der Waals surface area (Å²) in [4.78, 5) is 24.3. The van der Waals surface area contributed by atoms with E-state index in [0.717, 1.165) is 31.1 Å². The smallest absolute Gasteiger partial charge is 0.300 e. The summed E-state index contributed by atoms with van der Waals surface area (Å²) in [6.45, 7) is 5.40. The first kappa shape index (κ1) is 15.5. The van der Waals surface area contributed by atoms with Crippen molar-refractivity contribution < 1.29 is 14.7 Å². The van der Waals surface area contributed by atoms with Gasteiger partial charge in [0.05, 0.1) is 5.92 Å². The molecule has 0 bridgehead atoms. The number of nitrogens with two attached hydrogens (primary N) is 1. The van der Waals surface area contributed by atoms with E-state index in [4.69, 9.17) is 15.6 Å². The number of amides is 1. The van der Waals surface area contributed by atoms with Crippen molar-refractivity contribution >= 4 is 17.6 Å². The molecule has 1 heterocycles. The van der Waals surface area contributed by atoms with Gasteiger partial charge in [-0.1, -0.05) is 18.9 Å². The van der Waals surface area contributed by atoms with Crippen molar-refractivity contribution in [1.29, 1.82) is 0 Å². The van der Waals surface area contributed by atoms with E-state index in [1.165, 1.54) is 0 Å². The van der Waals surface area contributed by atoms with Crippen molar-refractivity contribution in [3.8, 4) is 0 Å². The highest BCUT2D eigenvalue weighted by atomic mass is 16.4. The van der Waals surface area contributed by atoms with Gasteiger partial charge in [-0.15, -0.1) is 0 Å². The van der Waals surface area contributed by atoms with Crippen molar-refractivity contribution in [2.45, 2.75) is 33.6 Å². The molecule has 1 rings (SSSR count). The first-order valence-electron chi connectivity index (χ1n) is 5.61. The van der Waals surface area contributed by atoms with Crippen molar-refractivity contribution in [1.82, 2.24) is 0 Å². The van der Waals surface area contributed by atoms with E-state index in [0.29, 0.717) is 6.54 Å². The molecule has 96 valence electrons. The third kappa shape index (κ3) is 5.97. The number of aliphatic imine (C=N–C) groups is 1. The van der Waals surface area contributed by atoms with Gasteiger partial charge in [0.1, 0.15) is 0 Å². The van der Waals surface area contributed by atoms with Gasteiger partial charge in [0, 0.05) is 19.2 Å². The molecule has 0 aliphatic carbocycles. The van der Waals surface area contributed by atoms with Crippen LogP contribution in [0, 0.1) is 5.92 Å². The fourth-order valence-corrected chi connectivity index (χ4v) is 1.60. The van der Waals surface area contributed by atoms with Crippen LogP contribution in [0.15, 0.2) is 16.6 Å². The van der Waals surface area contributed by atoms with Crippen LogP contribution >= 0.6 is 0 Å². The van der Waals surface area contributed by atoms with E-state index < -0.39 is 5.97 Å². The van der Waals surface area contributed by atoms with Crippen molar-refractivity contribution in [2.24, 2.45) is 16.6 Å². The SMILES string of the molecule is CC(=O)O.CCCC1=CC(C)=NC(=O)C1CN. The normalized spacial score (nSPS) is 18.8. The second kappa shape index (κ2) is 7.73. The van der Waals surface area contributed by atoms with E-state index in [9.17, 15) is 4.79 Å². The summed E-state index contributed by atoms with van der Waals surface area (Å²) in [5, 5.41) is 7.42.